The molecular formula is C15H24N2O3. The van der Waals surface area contributed by atoms with E-state index in [1.165, 1.54) is 38.9 Å². The van der Waals surface area contributed by atoms with E-state index in [0.717, 1.165) is 12.1 Å². The summed E-state index contributed by atoms with van der Waals surface area (Å²) in [6.07, 6.45) is 6.07. The topological polar surface area (TPSA) is 64.4 Å². The van der Waals surface area contributed by atoms with Gasteiger partial charge in [0.1, 0.15) is 0 Å². The van der Waals surface area contributed by atoms with E-state index in [0.29, 0.717) is 6.04 Å². The largest absolute Gasteiger partial charge is 0.490 e. The quantitative estimate of drug-likeness (QED) is 0.414. The summed E-state index contributed by atoms with van der Waals surface area (Å²) >= 11 is 0. The lowest BCUT2D eigenvalue weighted by Gasteiger charge is -2.15. The van der Waals surface area contributed by atoms with Crippen molar-refractivity contribution in [1.82, 2.24) is 0 Å². The molecule has 0 heterocycles. The van der Waals surface area contributed by atoms with Gasteiger partial charge in [-0.05, 0) is 19.4 Å². The highest BCUT2D eigenvalue weighted by Crippen LogP contribution is 2.30. The van der Waals surface area contributed by atoms with Crippen LogP contribution < -0.4 is 10.1 Å². The van der Waals surface area contributed by atoms with Gasteiger partial charge < -0.3 is 10.1 Å². The van der Waals surface area contributed by atoms with E-state index < -0.39 is 4.92 Å². The molecule has 20 heavy (non-hydrogen) atoms. The number of anilines is 1. The van der Waals surface area contributed by atoms with Crippen LogP contribution in [0.15, 0.2) is 18.2 Å². The van der Waals surface area contributed by atoms with E-state index >= 15 is 0 Å². The fourth-order valence-electron chi connectivity index (χ4n) is 2.15. The van der Waals surface area contributed by atoms with Gasteiger partial charge in [-0.3, -0.25) is 10.1 Å². The zero-order valence-corrected chi connectivity index (χ0v) is 12.5. The van der Waals surface area contributed by atoms with Crippen LogP contribution in [-0.2, 0) is 0 Å². The predicted octanol–water partition coefficient (Wildman–Crippen LogP) is 4.37. The van der Waals surface area contributed by atoms with Crippen molar-refractivity contribution in [2.24, 2.45) is 0 Å². The summed E-state index contributed by atoms with van der Waals surface area (Å²) in [5.74, 6) is 0.290. The third kappa shape index (κ3) is 5.07. The van der Waals surface area contributed by atoms with E-state index in [1.807, 2.05) is 0 Å². The fourth-order valence-corrected chi connectivity index (χ4v) is 2.15. The zero-order chi connectivity index (χ0) is 15.0. The minimum atomic E-state index is -0.434. The fraction of sp³-hybridized carbons (Fsp3) is 0.600. The molecule has 0 bridgehead atoms. The van der Waals surface area contributed by atoms with E-state index in [-0.39, 0.29) is 11.4 Å². The molecule has 1 N–H and O–H groups in total. The lowest BCUT2D eigenvalue weighted by atomic mass is 10.1. The minimum Gasteiger partial charge on any atom is -0.490 e. The zero-order valence-electron chi connectivity index (χ0n) is 12.5. The second-order valence-corrected chi connectivity index (χ2v) is 5.04. The maximum absolute atomic E-state index is 10.8. The Morgan fingerprint density at radius 1 is 1.35 bits per heavy atom. The van der Waals surface area contributed by atoms with Gasteiger partial charge in [0.25, 0.3) is 0 Å². The molecule has 5 nitrogen and oxygen atoms in total. The number of nitro groups is 1. The third-order valence-corrected chi connectivity index (χ3v) is 3.28. The van der Waals surface area contributed by atoms with Crippen molar-refractivity contribution in [3.8, 4) is 5.75 Å². The lowest BCUT2D eigenvalue weighted by molar-refractivity contribution is -0.385. The van der Waals surface area contributed by atoms with Crippen LogP contribution in [0.25, 0.3) is 0 Å². The predicted molar refractivity (Wildman–Crippen MR) is 81.5 cm³/mol. The number of methoxy groups -OCH3 is 1. The van der Waals surface area contributed by atoms with Gasteiger partial charge >= 0.3 is 5.69 Å². The van der Waals surface area contributed by atoms with Gasteiger partial charge in [0, 0.05) is 23.9 Å². The number of unbranched alkanes of at least 4 members (excludes halogenated alkanes) is 3. The summed E-state index contributed by atoms with van der Waals surface area (Å²) in [7, 11) is 1.44. The van der Waals surface area contributed by atoms with Crippen molar-refractivity contribution in [2.45, 2.75) is 52.0 Å². The molecular weight excluding hydrogens is 256 g/mol. The Labute approximate surface area is 120 Å². The second-order valence-electron chi connectivity index (χ2n) is 5.04. The molecule has 0 saturated carbocycles. The molecule has 1 aromatic rings. The van der Waals surface area contributed by atoms with E-state index in [2.05, 4.69) is 19.2 Å². The first-order chi connectivity index (χ1) is 9.58. The van der Waals surface area contributed by atoms with Gasteiger partial charge in [-0.15, -0.1) is 0 Å². The van der Waals surface area contributed by atoms with Crippen molar-refractivity contribution < 1.29 is 9.66 Å². The highest BCUT2D eigenvalue weighted by molar-refractivity contribution is 5.58. The van der Waals surface area contributed by atoms with Crippen LogP contribution >= 0.6 is 0 Å². The van der Waals surface area contributed by atoms with E-state index in [1.54, 1.807) is 12.1 Å². The Bertz CT molecular complexity index is 435. The molecule has 5 heteroatoms. The van der Waals surface area contributed by atoms with Crippen LogP contribution in [0, 0.1) is 10.1 Å². The summed E-state index contributed by atoms with van der Waals surface area (Å²) in [5, 5.41) is 14.2. The first-order valence-electron chi connectivity index (χ1n) is 7.17. The molecule has 1 unspecified atom stereocenters. The Morgan fingerprint density at radius 2 is 2.10 bits per heavy atom. The van der Waals surface area contributed by atoms with Crippen molar-refractivity contribution >= 4 is 11.4 Å². The molecule has 1 atom stereocenters. The van der Waals surface area contributed by atoms with Gasteiger partial charge in [-0.1, -0.05) is 32.6 Å². The number of hydrogen-bond acceptors (Lipinski definition) is 4. The second kappa shape index (κ2) is 8.40. The van der Waals surface area contributed by atoms with Gasteiger partial charge in [-0.25, -0.2) is 0 Å². The molecule has 0 radical (unpaired) electrons. The minimum absolute atomic E-state index is 0.00588. The number of hydrogen-bond donors (Lipinski definition) is 1. The van der Waals surface area contributed by atoms with E-state index in [9.17, 15) is 10.1 Å². The summed E-state index contributed by atoms with van der Waals surface area (Å²) in [4.78, 5) is 10.4. The number of benzene rings is 1. The van der Waals surface area contributed by atoms with Crippen LogP contribution in [0.2, 0.25) is 0 Å². The maximum atomic E-state index is 10.8. The van der Waals surface area contributed by atoms with Crippen LogP contribution in [0.1, 0.15) is 46.0 Å². The first kappa shape index (κ1) is 16.3. The Morgan fingerprint density at radius 3 is 2.70 bits per heavy atom. The molecule has 0 aliphatic rings. The smallest absolute Gasteiger partial charge is 0.311 e. The monoisotopic (exact) mass is 280 g/mol. The van der Waals surface area contributed by atoms with Gasteiger partial charge in [0.05, 0.1) is 12.0 Å². The number of nitro benzene ring substituents is 1. The molecule has 0 aliphatic heterocycles. The SMILES string of the molecule is CCCCCCC(C)Nc1ccc([N+](=O)[O-])c(OC)c1. The molecule has 0 saturated heterocycles. The van der Waals surface area contributed by atoms with Crippen LogP contribution in [0.3, 0.4) is 0 Å². The normalized spacial score (nSPS) is 11.9. The summed E-state index contributed by atoms with van der Waals surface area (Å²) in [5.41, 5.74) is 0.851. The van der Waals surface area contributed by atoms with Crippen LogP contribution in [0.5, 0.6) is 5.75 Å². The average molecular weight is 280 g/mol. The number of rotatable bonds is 9. The maximum Gasteiger partial charge on any atom is 0.311 e. The molecule has 0 aliphatic carbocycles. The number of nitrogens with zero attached hydrogens (tertiary/aromatic N) is 1. The number of nitrogens with one attached hydrogen (secondary N) is 1. The van der Waals surface area contributed by atoms with Gasteiger partial charge in [-0.2, -0.15) is 0 Å². The lowest BCUT2D eigenvalue weighted by Crippen LogP contribution is -2.14. The molecule has 1 aromatic carbocycles. The van der Waals surface area contributed by atoms with Crippen LogP contribution in [0.4, 0.5) is 11.4 Å². The average Bonchev–Trinajstić information content (AvgIpc) is 2.43. The Balaban J connectivity index is 2.57. The molecule has 0 aromatic heterocycles. The molecule has 1 rings (SSSR count). The van der Waals surface area contributed by atoms with E-state index in [4.69, 9.17) is 4.74 Å². The molecule has 0 spiro atoms. The molecule has 0 fully saturated rings. The Kier molecular flexibility index (Phi) is 6.84. The molecule has 112 valence electrons. The Hall–Kier alpha value is -1.78. The summed E-state index contributed by atoms with van der Waals surface area (Å²) in [6, 6.07) is 5.23. The van der Waals surface area contributed by atoms with Crippen LogP contribution in [-0.4, -0.2) is 18.1 Å². The summed E-state index contributed by atoms with van der Waals surface area (Å²) < 4.78 is 5.06. The molecule has 0 amide bonds. The number of ether oxygens (including phenoxy) is 1. The van der Waals surface area contributed by atoms with Crippen molar-refractivity contribution in [3.63, 3.8) is 0 Å². The standard InChI is InChI=1S/C15H24N2O3/c1-4-5-6-7-8-12(2)16-13-9-10-14(17(18)19)15(11-13)20-3/h9-12,16H,4-8H2,1-3H3. The third-order valence-electron chi connectivity index (χ3n) is 3.28. The van der Waals surface area contributed by atoms with Crippen molar-refractivity contribution in [2.75, 3.05) is 12.4 Å². The highest BCUT2D eigenvalue weighted by atomic mass is 16.6. The van der Waals surface area contributed by atoms with Gasteiger partial charge in [0.2, 0.25) is 0 Å². The van der Waals surface area contributed by atoms with Gasteiger partial charge in [0.15, 0.2) is 5.75 Å². The summed E-state index contributed by atoms with van der Waals surface area (Å²) in [6.45, 7) is 4.32. The van der Waals surface area contributed by atoms with Crippen molar-refractivity contribution in [1.29, 1.82) is 0 Å². The first-order valence-corrected chi connectivity index (χ1v) is 7.17. The highest BCUT2D eigenvalue weighted by Gasteiger charge is 2.15. The van der Waals surface area contributed by atoms with Crippen molar-refractivity contribution in [3.05, 3.63) is 28.3 Å².